The van der Waals surface area contributed by atoms with Gasteiger partial charge in [-0.05, 0) is 48.6 Å². The van der Waals surface area contributed by atoms with E-state index in [-0.39, 0.29) is 5.91 Å². The van der Waals surface area contributed by atoms with Crippen LogP contribution in [0.4, 0.5) is 5.69 Å². The van der Waals surface area contributed by atoms with Crippen molar-refractivity contribution in [1.29, 1.82) is 0 Å². The Bertz CT molecular complexity index is 768. The molecule has 0 radical (unpaired) electrons. The lowest BCUT2D eigenvalue weighted by Gasteiger charge is -2.26. The second kappa shape index (κ2) is 8.08. The summed E-state index contributed by atoms with van der Waals surface area (Å²) in [4.78, 5) is 19.0. The van der Waals surface area contributed by atoms with E-state index in [1.54, 1.807) is 0 Å². The second-order valence-electron chi connectivity index (χ2n) is 6.44. The van der Waals surface area contributed by atoms with Crippen LogP contribution in [-0.4, -0.2) is 35.4 Å². The summed E-state index contributed by atoms with van der Waals surface area (Å²) in [6, 6.07) is 12.1. The number of aromatic nitrogens is 1. The van der Waals surface area contributed by atoms with Gasteiger partial charge >= 0.3 is 0 Å². The summed E-state index contributed by atoms with van der Waals surface area (Å²) in [5, 5.41) is 3.11. The number of hydrogen-bond donors (Lipinski definition) is 1. The molecule has 1 aromatic carbocycles. The van der Waals surface area contributed by atoms with Crippen molar-refractivity contribution in [1.82, 2.24) is 9.88 Å². The fourth-order valence-corrected chi connectivity index (χ4v) is 3.22. The molecule has 0 atom stereocenters. The van der Waals surface area contributed by atoms with Crippen LogP contribution in [0.3, 0.4) is 0 Å². The van der Waals surface area contributed by atoms with E-state index in [1.807, 2.05) is 43.5 Å². The van der Waals surface area contributed by atoms with E-state index in [1.165, 1.54) is 11.1 Å². The Hall–Kier alpha value is -2.46. The summed E-state index contributed by atoms with van der Waals surface area (Å²) in [6.07, 6.45) is 5.85. The molecule has 0 saturated carbocycles. The van der Waals surface area contributed by atoms with Crippen LogP contribution in [0.2, 0.25) is 0 Å². The van der Waals surface area contributed by atoms with E-state index in [2.05, 4.69) is 34.3 Å². The van der Waals surface area contributed by atoms with E-state index in [0.717, 1.165) is 42.9 Å². The highest BCUT2D eigenvalue weighted by Gasteiger charge is 2.17. The zero-order chi connectivity index (χ0) is 17.6. The summed E-state index contributed by atoms with van der Waals surface area (Å²) >= 11 is 0. The molecule has 0 fully saturated rings. The van der Waals surface area contributed by atoms with E-state index in [0.29, 0.717) is 6.54 Å². The maximum absolute atomic E-state index is 12.5. The third kappa shape index (κ3) is 4.34. The molecule has 2 heterocycles. The maximum Gasteiger partial charge on any atom is 0.238 e. The Morgan fingerprint density at radius 2 is 2.12 bits per heavy atom. The van der Waals surface area contributed by atoms with Gasteiger partial charge in [-0.2, -0.15) is 0 Å². The molecular formula is C21H25N3O. The van der Waals surface area contributed by atoms with E-state index < -0.39 is 0 Å². The second-order valence-corrected chi connectivity index (χ2v) is 6.44. The fraction of sp³-hybridized carbons (Fsp3) is 0.333. The van der Waals surface area contributed by atoms with Crippen LogP contribution in [0.25, 0.3) is 5.57 Å². The largest absolute Gasteiger partial charge is 0.324 e. The van der Waals surface area contributed by atoms with Gasteiger partial charge in [0.1, 0.15) is 0 Å². The molecule has 0 unspecified atom stereocenters. The highest BCUT2D eigenvalue weighted by molar-refractivity contribution is 5.93. The van der Waals surface area contributed by atoms with Gasteiger partial charge in [0.25, 0.3) is 0 Å². The van der Waals surface area contributed by atoms with Crippen molar-refractivity contribution >= 4 is 17.2 Å². The van der Waals surface area contributed by atoms with E-state index in [4.69, 9.17) is 0 Å². The summed E-state index contributed by atoms with van der Waals surface area (Å²) in [6.45, 7) is 6.23. The van der Waals surface area contributed by atoms with Gasteiger partial charge in [0.15, 0.2) is 0 Å². The van der Waals surface area contributed by atoms with Gasteiger partial charge in [0, 0.05) is 25.0 Å². The van der Waals surface area contributed by atoms with E-state index in [9.17, 15) is 4.79 Å². The molecule has 1 aliphatic rings. The van der Waals surface area contributed by atoms with Gasteiger partial charge in [0.2, 0.25) is 5.91 Å². The monoisotopic (exact) mass is 335 g/mol. The number of nitrogens with zero attached hydrogens (tertiary/aromatic N) is 2. The van der Waals surface area contributed by atoms with Gasteiger partial charge in [-0.3, -0.25) is 14.7 Å². The predicted molar refractivity (Wildman–Crippen MR) is 102 cm³/mol. The SMILES string of the molecule is CCc1cccc(C)c1NC(=O)CN1CC=C(c2ccccn2)CC1. The number of carbonyl (C=O) groups is 1. The molecule has 0 aliphatic carbocycles. The smallest absolute Gasteiger partial charge is 0.238 e. The third-order valence-electron chi connectivity index (χ3n) is 4.66. The van der Waals surface area contributed by atoms with Crippen molar-refractivity contribution in [2.24, 2.45) is 0 Å². The molecule has 2 aromatic rings. The van der Waals surface area contributed by atoms with Gasteiger partial charge in [-0.1, -0.05) is 37.3 Å². The van der Waals surface area contributed by atoms with Gasteiger partial charge in [0.05, 0.1) is 12.2 Å². The molecular weight excluding hydrogens is 310 g/mol. The molecule has 1 aliphatic heterocycles. The first-order chi connectivity index (χ1) is 12.2. The highest BCUT2D eigenvalue weighted by Crippen LogP contribution is 2.22. The molecule has 0 saturated heterocycles. The average molecular weight is 335 g/mol. The van der Waals surface area contributed by atoms with Crippen molar-refractivity contribution in [2.45, 2.75) is 26.7 Å². The lowest BCUT2D eigenvalue weighted by atomic mass is 10.0. The first kappa shape index (κ1) is 17.4. The minimum Gasteiger partial charge on any atom is -0.324 e. The summed E-state index contributed by atoms with van der Waals surface area (Å²) in [5.41, 5.74) is 5.58. The molecule has 25 heavy (non-hydrogen) atoms. The topological polar surface area (TPSA) is 45.2 Å². The highest BCUT2D eigenvalue weighted by atomic mass is 16.2. The van der Waals surface area contributed by atoms with Crippen molar-refractivity contribution in [3.63, 3.8) is 0 Å². The minimum absolute atomic E-state index is 0.0543. The molecule has 1 amide bonds. The Morgan fingerprint density at radius 1 is 1.24 bits per heavy atom. The molecule has 1 N–H and O–H groups in total. The van der Waals surface area contributed by atoms with Crippen LogP contribution in [-0.2, 0) is 11.2 Å². The van der Waals surface area contributed by atoms with Crippen LogP contribution in [0.15, 0.2) is 48.7 Å². The normalized spacial score (nSPS) is 14.9. The summed E-state index contributed by atoms with van der Waals surface area (Å²) < 4.78 is 0. The van der Waals surface area contributed by atoms with Gasteiger partial charge in [-0.25, -0.2) is 0 Å². The van der Waals surface area contributed by atoms with Crippen molar-refractivity contribution in [2.75, 3.05) is 25.0 Å². The first-order valence-electron chi connectivity index (χ1n) is 8.88. The zero-order valence-corrected chi connectivity index (χ0v) is 15.0. The number of nitrogens with one attached hydrogen (secondary N) is 1. The van der Waals surface area contributed by atoms with Crippen LogP contribution in [0.5, 0.6) is 0 Å². The van der Waals surface area contributed by atoms with E-state index >= 15 is 0 Å². The molecule has 0 spiro atoms. The third-order valence-corrected chi connectivity index (χ3v) is 4.66. The summed E-state index contributed by atoms with van der Waals surface area (Å²) in [7, 11) is 0. The van der Waals surface area contributed by atoms with Gasteiger partial charge in [-0.15, -0.1) is 0 Å². The van der Waals surface area contributed by atoms with Gasteiger partial charge < -0.3 is 5.32 Å². The number of para-hydroxylation sites is 1. The Kier molecular flexibility index (Phi) is 5.61. The average Bonchev–Trinajstić information content (AvgIpc) is 2.65. The number of amides is 1. The zero-order valence-electron chi connectivity index (χ0n) is 15.0. The number of rotatable bonds is 5. The standard InChI is InChI=1S/C21H25N3O/c1-3-17-8-6-7-16(2)21(17)23-20(25)15-24-13-10-18(11-14-24)19-9-4-5-12-22-19/h4-10,12H,3,11,13-15H2,1-2H3,(H,23,25). The Balaban J connectivity index is 1.59. The quantitative estimate of drug-likeness (QED) is 0.906. The number of pyridine rings is 1. The lowest BCUT2D eigenvalue weighted by molar-refractivity contribution is -0.117. The van der Waals surface area contributed by atoms with Crippen LogP contribution in [0, 0.1) is 6.92 Å². The van der Waals surface area contributed by atoms with Crippen LogP contribution < -0.4 is 5.32 Å². The predicted octanol–water partition coefficient (Wildman–Crippen LogP) is 3.68. The lowest BCUT2D eigenvalue weighted by Crippen LogP contribution is -2.36. The molecule has 0 bridgehead atoms. The molecule has 130 valence electrons. The molecule has 1 aromatic heterocycles. The number of aryl methyl sites for hydroxylation is 2. The Morgan fingerprint density at radius 3 is 2.80 bits per heavy atom. The Labute approximate surface area is 149 Å². The number of anilines is 1. The van der Waals surface area contributed by atoms with Crippen molar-refractivity contribution in [3.8, 4) is 0 Å². The number of carbonyl (C=O) groups excluding carboxylic acids is 1. The molecule has 4 nitrogen and oxygen atoms in total. The van der Waals surface area contributed by atoms with Crippen LogP contribution >= 0.6 is 0 Å². The fourth-order valence-electron chi connectivity index (χ4n) is 3.22. The molecule has 3 rings (SSSR count). The van der Waals surface area contributed by atoms with Crippen molar-refractivity contribution in [3.05, 3.63) is 65.5 Å². The number of benzene rings is 1. The summed E-state index contributed by atoms with van der Waals surface area (Å²) in [5.74, 6) is 0.0543. The minimum atomic E-state index is 0.0543. The van der Waals surface area contributed by atoms with Crippen LogP contribution in [0.1, 0.15) is 30.2 Å². The first-order valence-corrected chi connectivity index (χ1v) is 8.88. The van der Waals surface area contributed by atoms with Crippen molar-refractivity contribution < 1.29 is 4.79 Å². The molecule has 4 heteroatoms. The number of hydrogen-bond acceptors (Lipinski definition) is 3. The maximum atomic E-state index is 12.5.